The fourth-order valence-electron chi connectivity index (χ4n) is 4.16. The van der Waals surface area contributed by atoms with E-state index >= 15 is 0 Å². The Kier molecular flexibility index (Phi) is 7.64. The Hall–Kier alpha value is -2.35. The van der Waals surface area contributed by atoms with E-state index < -0.39 is 11.9 Å². The predicted molar refractivity (Wildman–Crippen MR) is 120 cm³/mol. The highest BCUT2D eigenvalue weighted by molar-refractivity contribution is 7.99. The van der Waals surface area contributed by atoms with Crippen LogP contribution >= 0.6 is 11.8 Å². The van der Waals surface area contributed by atoms with Crippen molar-refractivity contribution in [2.24, 2.45) is 5.92 Å². The van der Waals surface area contributed by atoms with Crippen molar-refractivity contribution in [1.82, 2.24) is 10.2 Å². The number of rotatable bonds is 7. The number of aliphatic hydroxyl groups excluding tert-OH is 1. The van der Waals surface area contributed by atoms with E-state index in [2.05, 4.69) is 22.3 Å². The van der Waals surface area contributed by atoms with Crippen LogP contribution in [0.1, 0.15) is 61.1 Å². The first-order valence-electron chi connectivity index (χ1n) is 10.8. The summed E-state index contributed by atoms with van der Waals surface area (Å²) in [4.78, 5) is 13.0. The predicted octanol–water partition coefficient (Wildman–Crippen LogP) is 6.36. The molecule has 1 unspecified atom stereocenters. The van der Waals surface area contributed by atoms with Crippen LogP contribution in [0.3, 0.4) is 0 Å². The lowest BCUT2D eigenvalue weighted by Gasteiger charge is -2.26. The molecule has 8 heteroatoms. The molecule has 3 rings (SSSR count). The minimum Gasteiger partial charge on any atom is -0.512 e. The number of hydrogen-bond acceptors (Lipinski definition) is 5. The number of carbonyl (C=O) groups is 1. The fraction of sp³-hybridized carbons (Fsp3) is 0.458. The summed E-state index contributed by atoms with van der Waals surface area (Å²) in [7, 11) is 0. The summed E-state index contributed by atoms with van der Waals surface area (Å²) in [5.41, 5.74) is 3.62. The molecule has 1 aliphatic carbocycles. The van der Waals surface area contributed by atoms with Gasteiger partial charge in [0.25, 0.3) is 0 Å². The van der Waals surface area contributed by atoms with Gasteiger partial charge in [0.15, 0.2) is 11.5 Å². The molecule has 1 aromatic carbocycles. The van der Waals surface area contributed by atoms with Crippen molar-refractivity contribution >= 4 is 23.1 Å². The first-order chi connectivity index (χ1) is 15.1. The van der Waals surface area contributed by atoms with Gasteiger partial charge in [0, 0.05) is 12.8 Å². The average molecular weight is 465 g/mol. The van der Waals surface area contributed by atoms with Crippen molar-refractivity contribution < 1.29 is 23.1 Å². The molecule has 1 aliphatic rings. The molecule has 1 N–H and O–H groups in total. The third kappa shape index (κ3) is 5.52. The number of benzene rings is 1. The summed E-state index contributed by atoms with van der Waals surface area (Å²) in [5, 5.41) is 18.1. The second kappa shape index (κ2) is 10.1. The van der Waals surface area contributed by atoms with Gasteiger partial charge in [-0.15, -0.1) is 22.0 Å². The summed E-state index contributed by atoms with van der Waals surface area (Å²) >= 11 is 1.30. The van der Waals surface area contributed by atoms with Crippen LogP contribution in [0.25, 0.3) is 5.57 Å². The Morgan fingerprint density at radius 1 is 1.09 bits per heavy atom. The van der Waals surface area contributed by atoms with Crippen molar-refractivity contribution in [3.63, 3.8) is 0 Å². The largest absolute Gasteiger partial charge is 0.512 e. The molecule has 1 aromatic heterocycles. The van der Waals surface area contributed by atoms with Crippen LogP contribution < -0.4 is 0 Å². The molecule has 0 fully saturated rings. The van der Waals surface area contributed by atoms with Crippen LogP contribution in [-0.4, -0.2) is 26.8 Å². The Labute approximate surface area is 190 Å². The first kappa shape index (κ1) is 24.3. The zero-order valence-electron chi connectivity index (χ0n) is 18.4. The molecule has 4 nitrogen and oxygen atoms in total. The molecular formula is C24H27F3N2O2S. The van der Waals surface area contributed by atoms with Gasteiger partial charge in [-0.25, -0.2) is 0 Å². The van der Waals surface area contributed by atoms with Crippen LogP contribution in [0.5, 0.6) is 0 Å². The van der Waals surface area contributed by atoms with Crippen molar-refractivity contribution in [3.05, 3.63) is 58.0 Å². The van der Waals surface area contributed by atoms with E-state index in [0.717, 1.165) is 41.2 Å². The molecule has 172 valence electrons. The number of nitrogens with zero attached hydrogens (tertiary/aromatic N) is 2. The summed E-state index contributed by atoms with van der Waals surface area (Å²) in [6.45, 7) is 6.13. The van der Waals surface area contributed by atoms with Gasteiger partial charge in [-0.2, -0.15) is 13.2 Å². The topological polar surface area (TPSA) is 63.1 Å². The fourth-order valence-corrected chi connectivity index (χ4v) is 5.08. The molecule has 0 amide bonds. The van der Waals surface area contributed by atoms with E-state index in [1.165, 1.54) is 17.8 Å². The maximum atomic E-state index is 13.0. The first-order valence-corrected chi connectivity index (χ1v) is 11.7. The van der Waals surface area contributed by atoms with Crippen LogP contribution in [0.15, 0.2) is 35.1 Å². The van der Waals surface area contributed by atoms with Crippen molar-refractivity contribution in [2.75, 3.05) is 5.75 Å². The van der Waals surface area contributed by atoms with Crippen LogP contribution in [0.4, 0.5) is 13.2 Å². The summed E-state index contributed by atoms with van der Waals surface area (Å²) in [5.74, 6) is 0.651. The standard InChI is InChI=1S/C24H27F3N2O2S/c1-4-16-10-14(3)11-17(5-2)22(16)23-18(30)12-15(13-19(23)31)8-9-32-21-7-6-20(28-29-21)24(25,26)27/h6-7,10-11,15,30H,4-5,8-9,12-13H2,1-3H3. The molecule has 0 saturated heterocycles. The van der Waals surface area contributed by atoms with Crippen molar-refractivity contribution in [2.45, 2.75) is 64.1 Å². The van der Waals surface area contributed by atoms with E-state index in [1.54, 1.807) is 0 Å². The van der Waals surface area contributed by atoms with Gasteiger partial charge in [-0.1, -0.05) is 31.5 Å². The Morgan fingerprint density at radius 2 is 1.75 bits per heavy atom. The number of aromatic nitrogens is 2. The number of thioether (sulfide) groups is 1. The number of alkyl halides is 3. The maximum absolute atomic E-state index is 13.0. The van der Waals surface area contributed by atoms with Gasteiger partial charge < -0.3 is 5.11 Å². The van der Waals surface area contributed by atoms with E-state index in [-0.39, 0.29) is 17.5 Å². The van der Waals surface area contributed by atoms with E-state index in [4.69, 9.17) is 0 Å². The van der Waals surface area contributed by atoms with Gasteiger partial charge in [0.05, 0.1) is 5.57 Å². The molecule has 0 bridgehead atoms. The molecular weight excluding hydrogens is 437 g/mol. The smallest absolute Gasteiger partial charge is 0.435 e. The minimum atomic E-state index is -4.51. The van der Waals surface area contributed by atoms with E-state index in [0.29, 0.717) is 35.6 Å². The summed E-state index contributed by atoms with van der Waals surface area (Å²) in [6, 6.07) is 6.38. The van der Waals surface area contributed by atoms with Gasteiger partial charge >= 0.3 is 6.18 Å². The van der Waals surface area contributed by atoms with Gasteiger partial charge in [-0.3, -0.25) is 4.79 Å². The second-order valence-corrected chi connectivity index (χ2v) is 9.19. The zero-order chi connectivity index (χ0) is 23.5. The van der Waals surface area contributed by atoms with Gasteiger partial charge in [0.1, 0.15) is 10.8 Å². The lowest BCUT2D eigenvalue weighted by molar-refractivity contribution is -0.141. The number of carbonyl (C=O) groups excluding carboxylic acids is 1. The lowest BCUT2D eigenvalue weighted by atomic mass is 9.79. The molecule has 32 heavy (non-hydrogen) atoms. The van der Waals surface area contributed by atoms with Gasteiger partial charge in [-0.05, 0) is 66.7 Å². The van der Waals surface area contributed by atoms with Crippen LogP contribution in [0.2, 0.25) is 0 Å². The molecule has 0 saturated carbocycles. The molecule has 0 radical (unpaired) electrons. The van der Waals surface area contributed by atoms with Crippen molar-refractivity contribution in [1.29, 1.82) is 0 Å². The van der Waals surface area contributed by atoms with Crippen molar-refractivity contribution in [3.8, 4) is 0 Å². The maximum Gasteiger partial charge on any atom is 0.435 e. The Balaban J connectivity index is 1.69. The Morgan fingerprint density at radius 3 is 2.25 bits per heavy atom. The average Bonchev–Trinajstić information content (AvgIpc) is 2.73. The SMILES string of the molecule is CCc1cc(C)cc(CC)c1C1=C(O)CC(CCSc2ccc(C(F)(F)F)nn2)CC1=O. The number of allylic oxidation sites excluding steroid dienone is 2. The highest BCUT2D eigenvalue weighted by Gasteiger charge is 2.33. The minimum absolute atomic E-state index is 0.0123. The molecule has 2 aromatic rings. The zero-order valence-corrected chi connectivity index (χ0v) is 19.2. The molecule has 1 atom stereocenters. The summed E-state index contributed by atoms with van der Waals surface area (Å²) in [6.07, 6.45) is -1.54. The third-order valence-corrected chi connectivity index (χ3v) is 6.64. The number of ketones is 1. The number of Topliss-reactive ketones (excluding diaryl/α,β-unsaturated/α-hetero) is 1. The number of halogens is 3. The second-order valence-electron chi connectivity index (χ2n) is 8.08. The van der Waals surface area contributed by atoms with E-state index in [9.17, 15) is 23.1 Å². The number of aryl methyl sites for hydroxylation is 3. The number of aliphatic hydroxyl groups is 1. The summed E-state index contributed by atoms with van der Waals surface area (Å²) < 4.78 is 37.8. The van der Waals surface area contributed by atoms with E-state index in [1.807, 2.05) is 20.8 Å². The van der Waals surface area contributed by atoms with Gasteiger partial charge in [0.2, 0.25) is 0 Å². The normalized spacial score (nSPS) is 17.2. The number of hydrogen-bond donors (Lipinski definition) is 1. The Bertz CT molecular complexity index is 992. The van der Waals surface area contributed by atoms with Crippen LogP contribution in [0, 0.1) is 12.8 Å². The highest BCUT2D eigenvalue weighted by atomic mass is 32.2. The quantitative estimate of drug-likeness (QED) is 0.483. The molecule has 0 spiro atoms. The van der Waals surface area contributed by atoms with Crippen LogP contribution in [-0.2, 0) is 23.8 Å². The highest BCUT2D eigenvalue weighted by Crippen LogP contribution is 2.38. The molecule has 0 aliphatic heterocycles. The monoisotopic (exact) mass is 464 g/mol. The third-order valence-electron chi connectivity index (χ3n) is 5.69. The lowest BCUT2D eigenvalue weighted by Crippen LogP contribution is -2.21. The molecule has 1 heterocycles.